The van der Waals surface area contributed by atoms with Crippen molar-refractivity contribution < 1.29 is 62.6 Å². The molecule has 3 aliphatic heterocycles. The lowest BCUT2D eigenvalue weighted by atomic mass is 9.41. The van der Waals surface area contributed by atoms with Crippen LogP contribution in [-0.2, 0) is 52.4 Å². The Morgan fingerprint density at radius 1 is 0.918 bits per heavy atom. The first-order valence-electron chi connectivity index (χ1n) is 17.8. The number of esters is 4. The van der Waals surface area contributed by atoms with Gasteiger partial charge in [-0.05, 0) is 44.4 Å². The average molecular weight is 689 g/mol. The van der Waals surface area contributed by atoms with Gasteiger partial charge in [0, 0.05) is 48.3 Å². The van der Waals surface area contributed by atoms with Crippen LogP contribution in [0.2, 0.25) is 0 Å². The third-order valence-electron chi connectivity index (χ3n) is 15.2. The van der Waals surface area contributed by atoms with E-state index in [2.05, 4.69) is 0 Å². The minimum atomic E-state index is -2.06. The molecule has 0 aromatic carbocycles. The SMILES string of the molecule is CC(=O)O[C@H]1[C@@H]2[C@H]([C@H](C)[C@H]3O[C@]34OC(=O)[C@@](C)(O)[C@]24C)[C@@]2(C)[C@@H](OC(C)=O)CC3C(C(O)C(=O)[C@H]4C[C@@H]5O[C@@H]5[C@H](OC(=O)C(C)C)[C@]34C)[C@H]12. The van der Waals surface area contributed by atoms with E-state index >= 15 is 0 Å². The zero-order valence-corrected chi connectivity index (χ0v) is 29.5. The molecule has 1 spiro atoms. The van der Waals surface area contributed by atoms with Gasteiger partial charge in [-0.3, -0.25) is 19.2 Å². The van der Waals surface area contributed by atoms with Crippen molar-refractivity contribution in [3.8, 4) is 0 Å². The molecule has 270 valence electrons. The first kappa shape index (κ1) is 33.5. The van der Waals surface area contributed by atoms with Crippen LogP contribution in [0.15, 0.2) is 0 Å². The molecule has 13 nitrogen and oxygen atoms in total. The van der Waals surface area contributed by atoms with E-state index in [0.29, 0.717) is 6.42 Å². The maximum atomic E-state index is 14.5. The third-order valence-corrected chi connectivity index (χ3v) is 15.2. The molecule has 8 fully saturated rings. The maximum absolute atomic E-state index is 14.5. The Bertz CT molecular complexity index is 1560. The monoisotopic (exact) mass is 688 g/mol. The molecule has 8 rings (SSSR count). The fourth-order valence-corrected chi connectivity index (χ4v) is 12.9. The van der Waals surface area contributed by atoms with Crippen molar-refractivity contribution in [2.24, 2.45) is 63.6 Å². The molecule has 19 atom stereocenters. The van der Waals surface area contributed by atoms with E-state index in [1.807, 2.05) is 20.8 Å². The van der Waals surface area contributed by atoms with Crippen molar-refractivity contribution in [1.29, 1.82) is 0 Å². The second-order valence-corrected chi connectivity index (χ2v) is 17.4. The highest BCUT2D eigenvalue weighted by Crippen LogP contribution is 2.81. The van der Waals surface area contributed by atoms with E-state index in [-0.39, 0.29) is 24.2 Å². The predicted molar refractivity (Wildman–Crippen MR) is 163 cm³/mol. The molecule has 49 heavy (non-hydrogen) atoms. The molecule has 13 heteroatoms. The topological polar surface area (TPSA) is 188 Å². The van der Waals surface area contributed by atoms with Gasteiger partial charge >= 0.3 is 23.9 Å². The fourth-order valence-electron chi connectivity index (χ4n) is 12.9. The smallest absolute Gasteiger partial charge is 0.341 e. The van der Waals surface area contributed by atoms with E-state index < -0.39 is 130 Å². The number of rotatable bonds is 4. The minimum absolute atomic E-state index is 0.226. The Labute approximate surface area is 285 Å². The number of carbonyl (C=O) groups is 5. The van der Waals surface area contributed by atoms with E-state index in [1.165, 1.54) is 20.8 Å². The predicted octanol–water partition coefficient (Wildman–Crippen LogP) is 1.72. The summed E-state index contributed by atoms with van der Waals surface area (Å²) in [6.45, 7) is 15.0. The second kappa shape index (κ2) is 9.83. The van der Waals surface area contributed by atoms with E-state index in [0.717, 1.165) is 0 Å². The van der Waals surface area contributed by atoms with E-state index in [9.17, 15) is 34.2 Å². The maximum Gasteiger partial charge on any atom is 0.341 e. The highest BCUT2D eigenvalue weighted by atomic mass is 16.8. The Hall–Kier alpha value is -2.61. The molecule has 5 saturated carbocycles. The van der Waals surface area contributed by atoms with Crippen LogP contribution in [0.5, 0.6) is 0 Å². The zero-order valence-electron chi connectivity index (χ0n) is 29.5. The summed E-state index contributed by atoms with van der Waals surface area (Å²) >= 11 is 0. The number of epoxide rings is 2. The number of Topliss-reactive ketones (excluding diaryl/α,β-unsaturated/α-hetero) is 1. The Kier molecular flexibility index (Phi) is 6.73. The summed E-state index contributed by atoms with van der Waals surface area (Å²) in [5.74, 6) is -9.20. The summed E-state index contributed by atoms with van der Waals surface area (Å²) in [5.41, 5.74) is -5.56. The van der Waals surface area contributed by atoms with Crippen LogP contribution < -0.4 is 0 Å². The van der Waals surface area contributed by atoms with Crippen LogP contribution in [0.3, 0.4) is 0 Å². The third kappa shape index (κ3) is 3.73. The first-order valence-corrected chi connectivity index (χ1v) is 17.8. The summed E-state index contributed by atoms with van der Waals surface area (Å²) in [4.78, 5) is 67.1. The van der Waals surface area contributed by atoms with E-state index in [1.54, 1.807) is 20.8 Å². The number of carbonyl (C=O) groups excluding carboxylic acids is 5. The van der Waals surface area contributed by atoms with E-state index in [4.69, 9.17) is 28.4 Å². The van der Waals surface area contributed by atoms with Gasteiger partial charge in [0.25, 0.3) is 0 Å². The van der Waals surface area contributed by atoms with Crippen LogP contribution in [0.1, 0.15) is 75.2 Å². The summed E-state index contributed by atoms with van der Waals surface area (Å²) in [5, 5.41) is 24.2. The second-order valence-electron chi connectivity index (χ2n) is 17.4. The average Bonchev–Trinajstić information content (AvgIpc) is 3.91. The van der Waals surface area contributed by atoms with Gasteiger partial charge in [0.05, 0.1) is 17.4 Å². The molecule has 3 unspecified atom stereocenters. The summed E-state index contributed by atoms with van der Waals surface area (Å²) < 4.78 is 36.9. The minimum Gasteiger partial charge on any atom is -0.462 e. The number of fused-ring (bicyclic) bond motifs is 9. The number of hydrogen-bond acceptors (Lipinski definition) is 13. The van der Waals surface area contributed by atoms with Crippen molar-refractivity contribution in [2.45, 2.75) is 129 Å². The van der Waals surface area contributed by atoms with Crippen molar-refractivity contribution in [2.75, 3.05) is 0 Å². The van der Waals surface area contributed by atoms with Gasteiger partial charge in [0.15, 0.2) is 11.4 Å². The first-order chi connectivity index (χ1) is 22.7. The summed E-state index contributed by atoms with van der Waals surface area (Å²) in [6.07, 6.45) is -4.88. The molecule has 0 aromatic rings. The highest BCUT2D eigenvalue weighted by molar-refractivity contribution is 5.88. The molecule has 5 aliphatic carbocycles. The molecule has 3 heterocycles. The fraction of sp³-hybridized carbons (Fsp3) is 0.861. The van der Waals surface area contributed by atoms with Gasteiger partial charge in [-0.2, -0.15) is 0 Å². The Morgan fingerprint density at radius 3 is 2.18 bits per heavy atom. The van der Waals surface area contributed by atoms with Crippen molar-refractivity contribution >= 4 is 29.7 Å². The zero-order chi connectivity index (χ0) is 35.7. The number of aliphatic hydroxyl groups excluding tert-OH is 1. The highest BCUT2D eigenvalue weighted by Gasteiger charge is 2.93. The standard InChI is InChI=1S/C36H48O13/c1-12(2)30(41)47-29-26-18(46-26)10-17-24(39)25(40)20-16(32(17,29)6)11-19(44-14(4)37)33(7)21-13(3)28-36(48-28)34(8,35(9,43)31(42)49-36)23(21)27(22(20)33)45-15(5)38/h12-13,16-23,25-29,40,43H,10-11H2,1-9H3/t13-,16?,17+,18-,19-,20?,21-,22+,23-,25?,26-,27+,28+,29-,32+,33+,34-,35+,36-/m0/s1. The number of ether oxygens (including phenoxy) is 6. The largest absolute Gasteiger partial charge is 0.462 e. The molecule has 2 N–H and O–H groups in total. The molecule has 0 aromatic heterocycles. The summed E-state index contributed by atoms with van der Waals surface area (Å²) in [6, 6.07) is 0. The van der Waals surface area contributed by atoms with Gasteiger partial charge in [-0.15, -0.1) is 0 Å². The molecular formula is C36H48O13. The summed E-state index contributed by atoms with van der Waals surface area (Å²) in [7, 11) is 0. The van der Waals surface area contributed by atoms with Gasteiger partial charge in [-0.1, -0.05) is 34.6 Å². The lowest BCUT2D eigenvalue weighted by molar-refractivity contribution is -0.236. The lowest BCUT2D eigenvalue weighted by Gasteiger charge is -2.63. The molecular weight excluding hydrogens is 640 g/mol. The van der Waals surface area contributed by atoms with Crippen LogP contribution >= 0.6 is 0 Å². The molecule has 8 aliphatic rings. The van der Waals surface area contributed by atoms with Crippen LogP contribution in [-0.4, -0.2) is 94.0 Å². The van der Waals surface area contributed by atoms with Gasteiger partial charge in [0.1, 0.15) is 36.6 Å². The lowest BCUT2D eigenvalue weighted by Crippen LogP contribution is -2.70. The van der Waals surface area contributed by atoms with Crippen LogP contribution in [0.25, 0.3) is 0 Å². The molecule has 0 bridgehead atoms. The quantitative estimate of drug-likeness (QED) is 0.247. The van der Waals surface area contributed by atoms with Crippen molar-refractivity contribution in [3.63, 3.8) is 0 Å². The molecule has 0 amide bonds. The number of aliphatic hydroxyl groups is 2. The number of hydrogen-bond donors (Lipinski definition) is 2. The Morgan fingerprint density at radius 2 is 1.57 bits per heavy atom. The van der Waals surface area contributed by atoms with Crippen LogP contribution in [0, 0.1) is 63.6 Å². The molecule has 3 saturated heterocycles. The van der Waals surface area contributed by atoms with Gasteiger partial charge in [-0.25, -0.2) is 4.79 Å². The van der Waals surface area contributed by atoms with Crippen LogP contribution in [0.4, 0.5) is 0 Å². The van der Waals surface area contributed by atoms with Crippen molar-refractivity contribution in [1.82, 2.24) is 0 Å². The van der Waals surface area contributed by atoms with Crippen molar-refractivity contribution in [3.05, 3.63) is 0 Å². The Balaban J connectivity index is 1.34. The number of ketones is 1. The van der Waals surface area contributed by atoms with Gasteiger partial charge < -0.3 is 38.6 Å². The molecule has 0 radical (unpaired) electrons. The normalized spacial score (nSPS) is 57.2. The van der Waals surface area contributed by atoms with Gasteiger partial charge in [0.2, 0.25) is 5.79 Å².